The fourth-order valence-electron chi connectivity index (χ4n) is 3.08. The third kappa shape index (κ3) is 3.74. The summed E-state index contributed by atoms with van der Waals surface area (Å²) in [6, 6.07) is 12.5. The summed E-state index contributed by atoms with van der Waals surface area (Å²) in [5, 5.41) is 13.3. The second kappa shape index (κ2) is 7.69. The van der Waals surface area contributed by atoms with Crippen molar-refractivity contribution >= 4 is 11.6 Å². The number of aliphatic hydroxyl groups is 1. The fourth-order valence-corrected chi connectivity index (χ4v) is 3.20. The molecule has 0 bridgehead atoms. The Bertz CT molecular complexity index is 1160. The van der Waals surface area contributed by atoms with Crippen molar-refractivity contribution in [3.8, 4) is 34.1 Å². The average Bonchev–Trinajstić information content (AvgIpc) is 3.26. The maximum absolute atomic E-state index is 12.9. The molecule has 0 aromatic heterocycles. The van der Waals surface area contributed by atoms with E-state index in [0.717, 1.165) is 5.69 Å². The number of benzene rings is 2. The van der Waals surface area contributed by atoms with Crippen LogP contribution < -0.4 is 15.0 Å². The van der Waals surface area contributed by atoms with Gasteiger partial charge in [0, 0.05) is 23.5 Å². The number of halogens is 1. The normalized spacial score (nSPS) is 12.3. The number of aromatic nitrogens is 3. The number of nitrogens with one attached hydrogen (secondary N) is 1. The predicted molar refractivity (Wildman–Crippen MR) is 111 cm³/mol. The monoisotopic (exact) mass is 413 g/mol. The van der Waals surface area contributed by atoms with Crippen LogP contribution in [0.15, 0.2) is 59.7 Å². The van der Waals surface area contributed by atoms with Gasteiger partial charge in [-0.15, -0.1) is 0 Å². The second-order valence-electron chi connectivity index (χ2n) is 6.71. The third-order valence-corrected chi connectivity index (χ3v) is 4.76. The van der Waals surface area contributed by atoms with E-state index in [9.17, 15) is 9.90 Å². The molecule has 0 aliphatic carbocycles. The van der Waals surface area contributed by atoms with Crippen LogP contribution in [0.3, 0.4) is 0 Å². The zero-order chi connectivity index (χ0) is 20.5. The summed E-state index contributed by atoms with van der Waals surface area (Å²) in [5.41, 5.74) is 2.65. The molecule has 29 heavy (non-hydrogen) atoms. The molecule has 2 aromatic carbocycles. The molecule has 2 aliphatic heterocycles. The van der Waals surface area contributed by atoms with Crippen molar-refractivity contribution in [1.29, 1.82) is 0 Å². The van der Waals surface area contributed by atoms with Gasteiger partial charge in [-0.2, -0.15) is 0 Å². The first-order chi connectivity index (χ1) is 14.0. The Labute approximate surface area is 172 Å². The van der Waals surface area contributed by atoms with Crippen molar-refractivity contribution in [2.45, 2.75) is 13.0 Å². The number of hydrogen-bond donors (Lipinski definition) is 2. The first-order valence-corrected chi connectivity index (χ1v) is 9.42. The van der Waals surface area contributed by atoms with Crippen LogP contribution in [-0.4, -0.2) is 39.3 Å². The van der Waals surface area contributed by atoms with Gasteiger partial charge in [-0.05, 0) is 43.3 Å². The van der Waals surface area contributed by atoms with Gasteiger partial charge in [-0.1, -0.05) is 11.6 Å². The highest BCUT2D eigenvalue weighted by Crippen LogP contribution is 2.30. The fraction of sp³-hybridized carbons (Fsp3) is 0.190. The lowest BCUT2D eigenvalue weighted by molar-refractivity contribution is 0.120. The molecule has 0 fully saturated rings. The molecule has 2 heterocycles. The van der Waals surface area contributed by atoms with E-state index in [4.69, 9.17) is 21.1 Å². The van der Waals surface area contributed by atoms with Gasteiger partial charge < -0.3 is 14.6 Å². The minimum absolute atomic E-state index is 0.149. The Morgan fingerprint density at radius 3 is 2.48 bits per heavy atom. The topological polar surface area (TPSA) is 81.4 Å². The van der Waals surface area contributed by atoms with Crippen LogP contribution in [0.2, 0.25) is 5.02 Å². The first kappa shape index (κ1) is 19.2. The summed E-state index contributed by atoms with van der Waals surface area (Å²) >= 11 is 5.94. The molecule has 0 saturated heterocycles. The number of ether oxygens (including phenoxy) is 2. The largest absolute Gasteiger partial charge is 0.493 e. The molecule has 0 saturated carbocycles. The molecule has 1 atom stereocenters. The Morgan fingerprint density at radius 2 is 1.83 bits per heavy atom. The average molecular weight is 414 g/mol. The SMILES string of the molecule is COc1cc(-n2cc3[nH]n(-c4ccc(Cl)cc4)cc-3c2=O)ccc1OCC(C)O. The van der Waals surface area contributed by atoms with E-state index >= 15 is 0 Å². The number of fused-ring (bicyclic) bond motifs is 1. The van der Waals surface area contributed by atoms with Gasteiger partial charge in [0.1, 0.15) is 6.61 Å². The zero-order valence-corrected chi connectivity index (χ0v) is 16.7. The van der Waals surface area contributed by atoms with Gasteiger partial charge >= 0.3 is 0 Å². The maximum Gasteiger partial charge on any atom is 0.266 e. The highest BCUT2D eigenvalue weighted by molar-refractivity contribution is 6.30. The minimum Gasteiger partial charge on any atom is -0.493 e. The standard InChI is InChI=1S/C21H20ClN3O4/c1-13(26)12-29-19-8-7-16(9-20(19)28-2)24-11-18-17(21(24)27)10-25(23-18)15-5-3-14(22)4-6-15/h3-11,13,23,26H,12H2,1-2H3. The smallest absolute Gasteiger partial charge is 0.266 e. The molecule has 1 unspecified atom stereocenters. The van der Waals surface area contributed by atoms with Crippen LogP contribution in [-0.2, 0) is 0 Å². The van der Waals surface area contributed by atoms with E-state index in [2.05, 4.69) is 5.10 Å². The number of methoxy groups -OCH3 is 1. The Kier molecular flexibility index (Phi) is 5.08. The minimum atomic E-state index is -0.592. The molecule has 4 rings (SSSR count). The van der Waals surface area contributed by atoms with Crippen molar-refractivity contribution < 1.29 is 14.6 Å². The number of H-pyrrole nitrogens is 1. The van der Waals surface area contributed by atoms with Crippen molar-refractivity contribution in [2.24, 2.45) is 0 Å². The van der Waals surface area contributed by atoms with Gasteiger partial charge in [0.25, 0.3) is 5.56 Å². The molecule has 150 valence electrons. The van der Waals surface area contributed by atoms with Crippen LogP contribution in [0.1, 0.15) is 6.92 Å². The van der Waals surface area contributed by atoms with Gasteiger partial charge in [-0.25, -0.2) is 0 Å². The van der Waals surface area contributed by atoms with Gasteiger partial charge in [-0.3, -0.25) is 19.1 Å². The van der Waals surface area contributed by atoms with Crippen LogP contribution in [0.4, 0.5) is 0 Å². The summed E-state index contributed by atoms with van der Waals surface area (Å²) in [6.07, 6.45) is 2.91. The lowest BCUT2D eigenvalue weighted by atomic mass is 10.2. The molecule has 0 radical (unpaired) electrons. The van der Waals surface area contributed by atoms with Crippen LogP contribution in [0, 0.1) is 0 Å². The highest BCUT2D eigenvalue weighted by Gasteiger charge is 2.18. The van der Waals surface area contributed by atoms with Gasteiger partial charge in [0.15, 0.2) is 11.5 Å². The molecule has 0 amide bonds. The summed E-state index contributed by atoms with van der Waals surface area (Å²) in [4.78, 5) is 12.9. The predicted octanol–water partition coefficient (Wildman–Crippen LogP) is 3.48. The van der Waals surface area contributed by atoms with Crippen LogP contribution in [0.25, 0.3) is 22.6 Å². The molecule has 2 aromatic rings. The lowest BCUT2D eigenvalue weighted by Gasteiger charge is -2.13. The second-order valence-corrected chi connectivity index (χ2v) is 7.15. The highest BCUT2D eigenvalue weighted by atomic mass is 35.5. The summed E-state index contributed by atoms with van der Waals surface area (Å²) in [6.45, 7) is 1.79. The van der Waals surface area contributed by atoms with Gasteiger partial charge in [0.05, 0.1) is 35.8 Å². The van der Waals surface area contributed by atoms with Crippen LogP contribution in [0.5, 0.6) is 11.5 Å². The summed E-state index contributed by atoms with van der Waals surface area (Å²) in [5.74, 6) is 0.985. The van der Waals surface area contributed by atoms with E-state index in [1.165, 1.54) is 7.11 Å². The molecule has 2 aliphatic rings. The number of hydrogen-bond acceptors (Lipinski definition) is 4. The van der Waals surface area contributed by atoms with Crippen molar-refractivity contribution in [1.82, 2.24) is 14.3 Å². The Hall–Kier alpha value is -3.16. The number of aromatic amines is 1. The van der Waals surface area contributed by atoms with Crippen molar-refractivity contribution in [3.05, 3.63) is 70.2 Å². The molecule has 2 N–H and O–H groups in total. The van der Waals surface area contributed by atoms with E-state index in [1.54, 1.807) is 58.9 Å². The maximum atomic E-state index is 12.9. The quantitative estimate of drug-likeness (QED) is 0.507. The van der Waals surface area contributed by atoms with E-state index < -0.39 is 6.10 Å². The number of nitrogens with zero attached hydrogens (tertiary/aromatic N) is 2. The molecule has 8 heteroatoms. The Balaban J connectivity index is 1.69. The Morgan fingerprint density at radius 1 is 1.10 bits per heavy atom. The third-order valence-electron chi connectivity index (χ3n) is 4.51. The number of rotatable bonds is 6. The number of aliphatic hydroxyl groups excluding tert-OH is 1. The lowest BCUT2D eigenvalue weighted by Crippen LogP contribution is -2.14. The summed E-state index contributed by atoms with van der Waals surface area (Å²) < 4.78 is 14.3. The molecule has 0 spiro atoms. The zero-order valence-electron chi connectivity index (χ0n) is 15.9. The van der Waals surface area contributed by atoms with Crippen molar-refractivity contribution in [2.75, 3.05) is 13.7 Å². The van der Waals surface area contributed by atoms with E-state index in [1.807, 2.05) is 12.1 Å². The van der Waals surface area contributed by atoms with Crippen molar-refractivity contribution in [3.63, 3.8) is 0 Å². The summed E-state index contributed by atoms with van der Waals surface area (Å²) in [7, 11) is 1.53. The van der Waals surface area contributed by atoms with E-state index in [0.29, 0.717) is 33.5 Å². The molecular formula is C21H20ClN3O4. The van der Waals surface area contributed by atoms with Crippen LogP contribution >= 0.6 is 11.6 Å². The molecular weight excluding hydrogens is 394 g/mol. The first-order valence-electron chi connectivity index (χ1n) is 9.04. The van der Waals surface area contributed by atoms with Gasteiger partial charge in [0.2, 0.25) is 0 Å². The van der Waals surface area contributed by atoms with E-state index in [-0.39, 0.29) is 12.2 Å². The molecule has 7 nitrogen and oxygen atoms in total.